The van der Waals surface area contributed by atoms with Crippen molar-refractivity contribution in [2.24, 2.45) is 0 Å². The van der Waals surface area contributed by atoms with Gasteiger partial charge in [-0.25, -0.2) is 8.42 Å². The van der Waals surface area contributed by atoms with Crippen LogP contribution < -0.4 is 5.32 Å². The maximum absolute atomic E-state index is 13.7. The predicted octanol–water partition coefficient (Wildman–Crippen LogP) is 3.75. The summed E-state index contributed by atoms with van der Waals surface area (Å²) in [5.41, 5.74) is 2.76. The molecule has 0 radical (unpaired) electrons. The molecule has 9 nitrogen and oxygen atoms in total. The Bertz CT molecular complexity index is 1580. The summed E-state index contributed by atoms with van der Waals surface area (Å²) in [6.45, 7) is 5.36. The number of esters is 1. The molecule has 3 heterocycles. The van der Waals surface area contributed by atoms with Gasteiger partial charge in [-0.2, -0.15) is 4.31 Å². The first-order valence-electron chi connectivity index (χ1n) is 12.6. The molecule has 4 aromatic rings. The van der Waals surface area contributed by atoms with Crippen molar-refractivity contribution in [2.75, 3.05) is 38.1 Å². The number of hydrogen-bond donors (Lipinski definition) is 1. The smallest absolute Gasteiger partial charge is 0.320 e. The number of rotatable bonds is 8. The van der Waals surface area contributed by atoms with Crippen LogP contribution in [0.2, 0.25) is 0 Å². The van der Waals surface area contributed by atoms with E-state index in [1.807, 2.05) is 30.3 Å². The third kappa shape index (κ3) is 4.94. The number of aromatic nitrogens is 1. The summed E-state index contributed by atoms with van der Waals surface area (Å²) >= 11 is 1.11. The Balaban J connectivity index is 1.45. The van der Waals surface area contributed by atoms with E-state index in [0.717, 1.165) is 39.7 Å². The summed E-state index contributed by atoms with van der Waals surface area (Å²) < 4.78 is 35.6. The van der Waals surface area contributed by atoms with E-state index in [1.165, 1.54) is 10.4 Å². The molecule has 1 aliphatic heterocycles. The van der Waals surface area contributed by atoms with E-state index in [1.54, 1.807) is 23.3 Å². The lowest BCUT2D eigenvalue weighted by molar-refractivity contribution is -0.145. The van der Waals surface area contributed by atoms with E-state index in [9.17, 15) is 18.0 Å². The van der Waals surface area contributed by atoms with E-state index in [2.05, 4.69) is 28.9 Å². The monoisotopic (exact) mass is 554 g/mol. The lowest BCUT2D eigenvalue weighted by atomic mass is 10.1. The number of fused-ring (bicyclic) bond motifs is 3. The van der Waals surface area contributed by atoms with Gasteiger partial charge in [-0.3, -0.25) is 14.5 Å². The number of amides is 1. The first kappa shape index (κ1) is 26.4. The van der Waals surface area contributed by atoms with Gasteiger partial charge in [0.25, 0.3) is 10.0 Å². The van der Waals surface area contributed by atoms with Gasteiger partial charge in [0, 0.05) is 53.7 Å². The van der Waals surface area contributed by atoms with Crippen LogP contribution in [0.25, 0.3) is 21.8 Å². The third-order valence-corrected chi connectivity index (χ3v) is 10.1. The van der Waals surface area contributed by atoms with Crippen LogP contribution in [0.1, 0.15) is 13.8 Å². The predicted molar refractivity (Wildman–Crippen MR) is 149 cm³/mol. The zero-order valence-corrected chi connectivity index (χ0v) is 22.9. The Kier molecular flexibility index (Phi) is 7.53. The fourth-order valence-electron chi connectivity index (χ4n) is 5.08. The lowest BCUT2D eigenvalue weighted by Gasteiger charge is -2.38. The zero-order chi connectivity index (χ0) is 26.9. The highest BCUT2D eigenvalue weighted by Gasteiger charge is 2.41. The number of hydrogen-bond acceptors (Lipinski definition) is 7. The number of carbonyl (C=O) groups is 2. The van der Waals surface area contributed by atoms with Gasteiger partial charge in [-0.15, -0.1) is 11.3 Å². The highest BCUT2D eigenvalue weighted by molar-refractivity contribution is 7.91. The van der Waals surface area contributed by atoms with Crippen LogP contribution in [0.3, 0.4) is 0 Å². The van der Waals surface area contributed by atoms with E-state index in [-0.39, 0.29) is 30.5 Å². The molecule has 11 heteroatoms. The number of sulfonamides is 1. The lowest BCUT2D eigenvalue weighted by Crippen LogP contribution is -2.59. The minimum absolute atomic E-state index is 0.00695. The second-order valence-corrected chi connectivity index (χ2v) is 12.2. The highest BCUT2D eigenvalue weighted by atomic mass is 32.2. The van der Waals surface area contributed by atoms with Gasteiger partial charge in [0.05, 0.1) is 13.2 Å². The molecule has 1 fully saturated rings. The standard InChI is InChI=1S/C27H30N4O5S2/c1-3-30-22-9-6-5-8-20(22)21-16-19(11-12-23(21)30)28-27(33)24-17-29(18-25(32)36-4-2)13-14-31(24)38(34,35)26-10-7-15-37-26/h5-12,15-16,24H,3-4,13-14,17-18H2,1-2H3,(H,28,33)/t24-/m0/s1. The second kappa shape index (κ2) is 10.9. The summed E-state index contributed by atoms with van der Waals surface area (Å²) in [5, 5.41) is 6.74. The Morgan fingerprint density at radius 1 is 1.03 bits per heavy atom. The minimum atomic E-state index is -3.89. The van der Waals surface area contributed by atoms with Gasteiger partial charge < -0.3 is 14.6 Å². The SMILES string of the molecule is CCOC(=O)CN1CCN(S(=O)(=O)c2cccs2)[C@H](C(=O)Nc2ccc3c(c2)c2ccccc2n3CC)C1. The summed E-state index contributed by atoms with van der Waals surface area (Å²) in [7, 11) is -3.89. The summed E-state index contributed by atoms with van der Waals surface area (Å²) in [4.78, 5) is 27.5. The molecule has 1 saturated heterocycles. The number of thiophene rings is 1. The summed E-state index contributed by atoms with van der Waals surface area (Å²) in [6, 6.07) is 16.1. The van der Waals surface area contributed by atoms with Crippen molar-refractivity contribution in [1.29, 1.82) is 0 Å². The molecular formula is C27H30N4O5S2. The maximum Gasteiger partial charge on any atom is 0.320 e. The van der Waals surface area contributed by atoms with E-state index < -0.39 is 27.9 Å². The molecule has 1 aliphatic rings. The quantitative estimate of drug-likeness (QED) is 0.333. The Hall–Kier alpha value is -3.25. The number of ether oxygens (including phenoxy) is 1. The molecule has 0 spiro atoms. The fraction of sp³-hybridized carbons (Fsp3) is 0.333. The molecular weight excluding hydrogens is 524 g/mol. The van der Waals surface area contributed by atoms with Crippen LogP contribution in [-0.2, 0) is 30.9 Å². The van der Waals surface area contributed by atoms with E-state index in [4.69, 9.17) is 4.74 Å². The van der Waals surface area contributed by atoms with Crippen molar-refractivity contribution < 1.29 is 22.7 Å². The molecule has 0 unspecified atom stereocenters. The summed E-state index contributed by atoms with van der Waals surface area (Å²) in [5.74, 6) is -0.851. The van der Waals surface area contributed by atoms with Crippen molar-refractivity contribution in [3.63, 3.8) is 0 Å². The molecule has 38 heavy (non-hydrogen) atoms. The number of nitrogens with zero attached hydrogens (tertiary/aromatic N) is 3. The topological polar surface area (TPSA) is 101 Å². The van der Waals surface area contributed by atoms with Crippen molar-refractivity contribution in [2.45, 2.75) is 30.6 Å². The van der Waals surface area contributed by atoms with Crippen LogP contribution >= 0.6 is 11.3 Å². The maximum atomic E-state index is 13.7. The number of nitrogens with one attached hydrogen (secondary N) is 1. The average molecular weight is 555 g/mol. The van der Waals surface area contributed by atoms with Crippen LogP contribution in [0.4, 0.5) is 5.69 Å². The molecule has 0 aliphatic carbocycles. The van der Waals surface area contributed by atoms with Crippen molar-refractivity contribution in [1.82, 2.24) is 13.8 Å². The number of benzene rings is 2. The van der Waals surface area contributed by atoms with Crippen molar-refractivity contribution in [3.8, 4) is 0 Å². The van der Waals surface area contributed by atoms with Crippen LogP contribution in [0.5, 0.6) is 0 Å². The van der Waals surface area contributed by atoms with Crippen LogP contribution in [0, 0.1) is 0 Å². The second-order valence-electron chi connectivity index (χ2n) is 9.09. The number of para-hydroxylation sites is 1. The van der Waals surface area contributed by atoms with Gasteiger partial charge in [-0.05, 0) is 49.6 Å². The molecule has 1 N–H and O–H groups in total. The third-order valence-electron chi connectivity index (χ3n) is 6.79. The number of anilines is 1. The number of carbonyl (C=O) groups excluding carboxylic acids is 2. The molecule has 5 rings (SSSR count). The normalized spacial score (nSPS) is 17.2. The molecule has 1 atom stereocenters. The first-order chi connectivity index (χ1) is 18.3. The Morgan fingerprint density at radius 2 is 1.82 bits per heavy atom. The Morgan fingerprint density at radius 3 is 2.55 bits per heavy atom. The fourth-order valence-corrected chi connectivity index (χ4v) is 7.77. The number of piperazine rings is 1. The molecule has 1 amide bonds. The molecule has 0 saturated carbocycles. The minimum Gasteiger partial charge on any atom is -0.465 e. The highest BCUT2D eigenvalue weighted by Crippen LogP contribution is 2.31. The Labute approximate surface area is 225 Å². The van der Waals surface area contributed by atoms with E-state index in [0.29, 0.717) is 12.2 Å². The molecule has 2 aromatic heterocycles. The molecule has 200 valence electrons. The van der Waals surface area contributed by atoms with Crippen LogP contribution in [-0.4, -0.2) is 72.9 Å². The molecule has 2 aromatic carbocycles. The van der Waals surface area contributed by atoms with Crippen LogP contribution in [0.15, 0.2) is 64.2 Å². The van der Waals surface area contributed by atoms with Gasteiger partial charge >= 0.3 is 5.97 Å². The molecule has 0 bridgehead atoms. The largest absolute Gasteiger partial charge is 0.465 e. The van der Waals surface area contributed by atoms with Gasteiger partial charge in [-0.1, -0.05) is 24.3 Å². The van der Waals surface area contributed by atoms with Gasteiger partial charge in [0.2, 0.25) is 5.91 Å². The zero-order valence-electron chi connectivity index (χ0n) is 21.3. The first-order valence-corrected chi connectivity index (χ1v) is 14.9. The average Bonchev–Trinajstić information content (AvgIpc) is 3.56. The number of aryl methyl sites for hydroxylation is 1. The van der Waals surface area contributed by atoms with E-state index >= 15 is 0 Å². The van der Waals surface area contributed by atoms with Gasteiger partial charge in [0.15, 0.2) is 0 Å². The summed E-state index contributed by atoms with van der Waals surface area (Å²) in [6.07, 6.45) is 0. The van der Waals surface area contributed by atoms with Crippen molar-refractivity contribution in [3.05, 3.63) is 60.0 Å². The van der Waals surface area contributed by atoms with Gasteiger partial charge in [0.1, 0.15) is 10.3 Å². The van der Waals surface area contributed by atoms with Crippen molar-refractivity contribution >= 4 is 60.7 Å².